The summed E-state index contributed by atoms with van der Waals surface area (Å²) in [7, 11) is 6.60. The lowest BCUT2D eigenvalue weighted by Crippen LogP contribution is -2.33. The zero-order chi connectivity index (χ0) is 14.3. The summed E-state index contributed by atoms with van der Waals surface area (Å²) >= 11 is 0. The molecule has 0 saturated heterocycles. The van der Waals surface area contributed by atoms with Gasteiger partial charge in [-0.2, -0.15) is 0 Å². The molecule has 1 aromatic carbocycles. The maximum atomic E-state index is 2.47. The van der Waals surface area contributed by atoms with Crippen molar-refractivity contribution in [2.75, 3.05) is 20.6 Å². The maximum Gasteiger partial charge on any atom is 0.0482 e. The van der Waals surface area contributed by atoms with Gasteiger partial charge in [-0.25, -0.2) is 0 Å². The second-order valence-electron chi connectivity index (χ2n) is 6.87. The van der Waals surface area contributed by atoms with Crippen LogP contribution in [0.4, 0.5) is 0 Å². The van der Waals surface area contributed by atoms with Gasteiger partial charge in [0.1, 0.15) is 0 Å². The molecule has 0 saturated carbocycles. The number of hydrogen-bond acceptors (Lipinski definition) is 1. The van der Waals surface area contributed by atoms with Gasteiger partial charge in [-0.1, -0.05) is 25.1 Å². The molecule has 0 radical (unpaired) electrons. The summed E-state index contributed by atoms with van der Waals surface area (Å²) in [4.78, 5) is 2.31. The lowest BCUT2D eigenvalue weighted by atomic mass is 9.72. The molecule has 1 aromatic heterocycles. The summed E-state index contributed by atoms with van der Waals surface area (Å²) in [5, 5.41) is 1.47. The van der Waals surface area contributed by atoms with Crippen LogP contribution in [0.15, 0.2) is 24.3 Å². The van der Waals surface area contributed by atoms with Crippen LogP contribution >= 0.6 is 12.4 Å². The molecule has 21 heavy (non-hydrogen) atoms. The van der Waals surface area contributed by atoms with E-state index in [0.717, 1.165) is 6.54 Å². The molecule has 2 aromatic rings. The number of hydrogen-bond donors (Lipinski definition) is 0. The lowest BCUT2D eigenvalue weighted by molar-refractivity contribution is 0.291. The Balaban J connectivity index is 0.00000161. The Bertz CT molecular complexity index is 629. The highest BCUT2D eigenvalue weighted by molar-refractivity contribution is 5.86. The van der Waals surface area contributed by atoms with Gasteiger partial charge in [-0.15, -0.1) is 12.4 Å². The highest BCUT2D eigenvalue weighted by Crippen LogP contribution is 2.43. The van der Waals surface area contributed by atoms with Crippen molar-refractivity contribution in [2.24, 2.45) is 7.05 Å². The zero-order valence-corrected chi connectivity index (χ0v) is 14.5. The summed E-state index contributed by atoms with van der Waals surface area (Å²) in [5.74, 6) is 0. The summed E-state index contributed by atoms with van der Waals surface area (Å²) in [6, 6.07) is 8.89. The number of fused-ring (bicyclic) bond motifs is 3. The van der Waals surface area contributed by atoms with Crippen molar-refractivity contribution in [3.63, 3.8) is 0 Å². The molecule has 1 aliphatic carbocycles. The minimum absolute atomic E-state index is 0. The van der Waals surface area contributed by atoms with Crippen LogP contribution in [-0.2, 0) is 18.9 Å². The Labute approximate surface area is 134 Å². The Morgan fingerprint density at radius 3 is 2.67 bits per heavy atom. The third kappa shape index (κ3) is 2.72. The lowest BCUT2D eigenvalue weighted by Gasteiger charge is -2.36. The van der Waals surface area contributed by atoms with Crippen molar-refractivity contribution >= 4 is 23.3 Å². The van der Waals surface area contributed by atoms with Crippen molar-refractivity contribution in [1.29, 1.82) is 0 Å². The molecular formula is C18H27ClN2. The first-order valence-electron chi connectivity index (χ1n) is 7.74. The average molecular weight is 307 g/mol. The van der Waals surface area contributed by atoms with Crippen LogP contribution in [0.1, 0.15) is 37.4 Å². The average Bonchev–Trinajstić information content (AvgIpc) is 2.73. The summed E-state index contributed by atoms with van der Waals surface area (Å²) in [6.45, 7) is 3.63. The Hall–Kier alpha value is -0.990. The van der Waals surface area contributed by atoms with Gasteiger partial charge in [-0.3, -0.25) is 0 Å². The second kappa shape index (κ2) is 6.02. The van der Waals surface area contributed by atoms with E-state index in [1.807, 2.05) is 0 Å². The van der Waals surface area contributed by atoms with E-state index in [4.69, 9.17) is 0 Å². The van der Waals surface area contributed by atoms with Crippen molar-refractivity contribution in [1.82, 2.24) is 9.47 Å². The molecular weight excluding hydrogens is 280 g/mol. The highest BCUT2D eigenvalue weighted by atomic mass is 35.5. The van der Waals surface area contributed by atoms with E-state index in [9.17, 15) is 0 Å². The number of para-hydroxylation sites is 1. The molecule has 0 N–H and O–H groups in total. The van der Waals surface area contributed by atoms with E-state index in [1.54, 1.807) is 11.3 Å². The quantitative estimate of drug-likeness (QED) is 0.827. The molecule has 1 aliphatic rings. The minimum Gasteiger partial charge on any atom is -0.347 e. The standard InChI is InChI=1S/C18H26N2.ClH/c1-18(12-13-19(2)3)11-7-9-15-14-8-5-6-10-16(14)20(4)17(15)18;/h5-6,8,10H,7,9,11-13H2,1-4H3;1H. The molecule has 0 bridgehead atoms. The second-order valence-corrected chi connectivity index (χ2v) is 6.87. The first kappa shape index (κ1) is 16.4. The van der Waals surface area contributed by atoms with Crippen LogP contribution in [-0.4, -0.2) is 30.1 Å². The van der Waals surface area contributed by atoms with E-state index in [0.29, 0.717) is 5.41 Å². The number of nitrogens with zero attached hydrogens (tertiary/aromatic N) is 2. The van der Waals surface area contributed by atoms with Crippen molar-refractivity contribution in [3.8, 4) is 0 Å². The molecule has 2 nitrogen and oxygen atoms in total. The monoisotopic (exact) mass is 306 g/mol. The Kier molecular flexibility index (Phi) is 4.69. The third-order valence-electron chi connectivity index (χ3n) is 5.05. The minimum atomic E-state index is 0. The number of benzene rings is 1. The van der Waals surface area contributed by atoms with Gasteiger partial charge in [0, 0.05) is 29.1 Å². The molecule has 3 heteroatoms. The van der Waals surface area contributed by atoms with Crippen LogP contribution in [0.2, 0.25) is 0 Å². The first-order valence-corrected chi connectivity index (χ1v) is 7.74. The molecule has 1 unspecified atom stereocenters. The van der Waals surface area contributed by atoms with Gasteiger partial charge < -0.3 is 9.47 Å². The van der Waals surface area contributed by atoms with Crippen LogP contribution in [0.5, 0.6) is 0 Å². The van der Waals surface area contributed by atoms with Gasteiger partial charge in [0.05, 0.1) is 0 Å². The van der Waals surface area contributed by atoms with Gasteiger partial charge in [0.25, 0.3) is 0 Å². The molecule has 0 amide bonds. The molecule has 1 atom stereocenters. The van der Waals surface area contributed by atoms with Crippen LogP contribution in [0.25, 0.3) is 10.9 Å². The molecule has 1 heterocycles. The van der Waals surface area contributed by atoms with E-state index in [2.05, 4.69) is 61.8 Å². The normalized spacial score (nSPS) is 21.4. The van der Waals surface area contributed by atoms with Gasteiger partial charge in [0.2, 0.25) is 0 Å². The number of aryl methyl sites for hydroxylation is 2. The van der Waals surface area contributed by atoms with E-state index in [-0.39, 0.29) is 12.4 Å². The van der Waals surface area contributed by atoms with Crippen molar-refractivity contribution in [3.05, 3.63) is 35.5 Å². The summed E-state index contributed by atoms with van der Waals surface area (Å²) in [5.41, 5.74) is 4.92. The fourth-order valence-electron chi connectivity index (χ4n) is 3.98. The van der Waals surface area contributed by atoms with E-state index in [1.165, 1.54) is 36.6 Å². The summed E-state index contributed by atoms with van der Waals surface area (Å²) < 4.78 is 2.46. The molecule has 0 aliphatic heterocycles. The van der Waals surface area contributed by atoms with Gasteiger partial charge >= 0.3 is 0 Å². The van der Waals surface area contributed by atoms with Crippen molar-refractivity contribution in [2.45, 2.75) is 38.0 Å². The molecule has 3 rings (SSSR count). The van der Waals surface area contributed by atoms with Gasteiger partial charge in [-0.05, 0) is 58.0 Å². The van der Waals surface area contributed by atoms with Crippen LogP contribution < -0.4 is 0 Å². The predicted octanol–water partition coefficient (Wildman–Crippen LogP) is 4.15. The highest BCUT2D eigenvalue weighted by Gasteiger charge is 2.35. The molecule has 116 valence electrons. The molecule has 0 fully saturated rings. The van der Waals surface area contributed by atoms with E-state index < -0.39 is 0 Å². The third-order valence-corrected chi connectivity index (χ3v) is 5.05. The van der Waals surface area contributed by atoms with Crippen LogP contribution in [0.3, 0.4) is 0 Å². The zero-order valence-electron chi connectivity index (χ0n) is 13.6. The van der Waals surface area contributed by atoms with Crippen molar-refractivity contribution < 1.29 is 0 Å². The smallest absolute Gasteiger partial charge is 0.0482 e. The van der Waals surface area contributed by atoms with E-state index >= 15 is 0 Å². The molecule has 0 spiro atoms. The summed E-state index contributed by atoms with van der Waals surface area (Å²) in [6.07, 6.45) is 5.13. The fourth-order valence-corrected chi connectivity index (χ4v) is 3.98. The first-order chi connectivity index (χ1) is 9.53. The topological polar surface area (TPSA) is 8.17 Å². The largest absolute Gasteiger partial charge is 0.347 e. The van der Waals surface area contributed by atoms with Gasteiger partial charge in [0.15, 0.2) is 0 Å². The SMILES string of the molecule is CN(C)CCC1(C)CCCc2c1n(C)c1ccccc21.Cl. The Morgan fingerprint density at radius 2 is 1.95 bits per heavy atom. The Morgan fingerprint density at radius 1 is 1.24 bits per heavy atom. The number of halogens is 1. The van der Waals surface area contributed by atoms with Crippen LogP contribution in [0, 0.1) is 0 Å². The maximum absolute atomic E-state index is 2.47. The predicted molar refractivity (Wildman–Crippen MR) is 93.6 cm³/mol. The number of aromatic nitrogens is 1. The fraction of sp³-hybridized carbons (Fsp3) is 0.556. The number of rotatable bonds is 3.